The highest BCUT2D eigenvalue weighted by Gasteiger charge is 2.13. The molecule has 0 fully saturated rings. The van der Waals surface area contributed by atoms with Crippen LogP contribution in [0.2, 0.25) is 0 Å². The maximum absolute atomic E-state index is 11.4. The van der Waals surface area contributed by atoms with Crippen molar-refractivity contribution in [2.24, 2.45) is 0 Å². The number of carbonyl (C=O) groups excluding carboxylic acids is 1. The highest BCUT2D eigenvalue weighted by molar-refractivity contribution is 5.88. The number of aromatic nitrogens is 2. The zero-order valence-corrected chi connectivity index (χ0v) is 9.03. The van der Waals surface area contributed by atoms with E-state index in [1.165, 1.54) is 6.20 Å². The molecule has 1 aromatic rings. The van der Waals surface area contributed by atoms with Gasteiger partial charge in [-0.1, -0.05) is 0 Å². The van der Waals surface area contributed by atoms with E-state index >= 15 is 0 Å². The average Bonchev–Trinajstić information content (AvgIpc) is 1.99. The Bertz CT molecular complexity index is 358. The number of carbonyl (C=O) groups is 1. The highest BCUT2D eigenvalue weighted by atomic mass is 16.2. The van der Waals surface area contributed by atoms with Crippen LogP contribution >= 0.6 is 0 Å². The van der Waals surface area contributed by atoms with Gasteiger partial charge in [0.1, 0.15) is 5.82 Å². The van der Waals surface area contributed by atoms with Gasteiger partial charge in [-0.15, -0.1) is 0 Å². The summed E-state index contributed by atoms with van der Waals surface area (Å²) in [6.45, 7) is 5.67. The van der Waals surface area contributed by atoms with Gasteiger partial charge in [-0.2, -0.15) is 4.98 Å². The fraction of sp³-hybridized carbons (Fsp3) is 0.444. The van der Waals surface area contributed by atoms with E-state index in [-0.39, 0.29) is 17.5 Å². The van der Waals surface area contributed by atoms with Crippen molar-refractivity contribution in [1.82, 2.24) is 15.3 Å². The normalized spacial score (nSPS) is 10.9. The van der Waals surface area contributed by atoms with E-state index in [1.54, 1.807) is 6.07 Å². The number of rotatable bonds is 1. The van der Waals surface area contributed by atoms with Crippen LogP contribution in [-0.2, 0) is 0 Å². The number of nitrogen functional groups attached to an aromatic ring is 1. The lowest BCUT2D eigenvalue weighted by atomic mass is 10.1. The van der Waals surface area contributed by atoms with Gasteiger partial charge >= 0.3 is 6.03 Å². The fourth-order valence-corrected chi connectivity index (χ4v) is 0.932. The number of nitrogens with zero attached hydrogens (tertiary/aromatic N) is 2. The predicted molar refractivity (Wildman–Crippen MR) is 58.4 cm³/mol. The molecule has 0 aliphatic heterocycles. The van der Waals surface area contributed by atoms with Crippen LogP contribution in [0.3, 0.4) is 0 Å². The molecule has 0 spiro atoms. The summed E-state index contributed by atoms with van der Waals surface area (Å²) >= 11 is 0. The molecule has 0 aromatic carbocycles. The highest BCUT2D eigenvalue weighted by Crippen LogP contribution is 2.04. The first-order valence-electron chi connectivity index (χ1n) is 4.54. The van der Waals surface area contributed by atoms with Crippen molar-refractivity contribution in [3.63, 3.8) is 0 Å². The molecule has 0 saturated heterocycles. The van der Waals surface area contributed by atoms with E-state index in [9.17, 15) is 4.79 Å². The first kappa shape index (κ1) is 11.2. The molecule has 1 heterocycles. The van der Waals surface area contributed by atoms with Crippen molar-refractivity contribution in [1.29, 1.82) is 0 Å². The Kier molecular flexibility index (Phi) is 3.08. The van der Waals surface area contributed by atoms with E-state index < -0.39 is 0 Å². The second-order valence-electron chi connectivity index (χ2n) is 4.13. The smallest absolute Gasteiger partial charge is 0.320 e. The lowest BCUT2D eigenvalue weighted by molar-refractivity contribution is 0.243. The summed E-state index contributed by atoms with van der Waals surface area (Å²) in [5.41, 5.74) is 5.08. The first-order chi connectivity index (χ1) is 6.87. The van der Waals surface area contributed by atoms with Gasteiger partial charge in [0.05, 0.1) is 0 Å². The van der Waals surface area contributed by atoms with Crippen molar-refractivity contribution >= 4 is 17.8 Å². The molecule has 1 rings (SSSR count). The lowest BCUT2D eigenvalue weighted by Crippen LogP contribution is -2.43. The third-order valence-electron chi connectivity index (χ3n) is 1.40. The molecule has 15 heavy (non-hydrogen) atoms. The SMILES string of the molecule is CC(C)(C)NC(=O)Nc1ccnc(N)n1. The first-order valence-corrected chi connectivity index (χ1v) is 4.54. The predicted octanol–water partition coefficient (Wildman–Crippen LogP) is 0.979. The third kappa shape index (κ3) is 4.26. The van der Waals surface area contributed by atoms with Crippen molar-refractivity contribution < 1.29 is 4.79 Å². The average molecular weight is 209 g/mol. The molecule has 82 valence electrons. The van der Waals surface area contributed by atoms with E-state index in [4.69, 9.17) is 5.73 Å². The maximum Gasteiger partial charge on any atom is 0.320 e. The molecule has 2 amide bonds. The molecule has 6 nitrogen and oxygen atoms in total. The topological polar surface area (TPSA) is 92.9 Å². The molecule has 0 bridgehead atoms. The van der Waals surface area contributed by atoms with Gasteiger partial charge in [0.15, 0.2) is 0 Å². The van der Waals surface area contributed by atoms with E-state index in [1.807, 2.05) is 20.8 Å². The number of urea groups is 1. The number of anilines is 2. The number of hydrogen-bond donors (Lipinski definition) is 3. The number of hydrogen-bond acceptors (Lipinski definition) is 4. The molecule has 6 heteroatoms. The van der Waals surface area contributed by atoms with Gasteiger partial charge in [0.25, 0.3) is 0 Å². The third-order valence-corrected chi connectivity index (χ3v) is 1.40. The van der Waals surface area contributed by atoms with Crippen molar-refractivity contribution in [3.05, 3.63) is 12.3 Å². The van der Waals surface area contributed by atoms with Gasteiger partial charge in [0, 0.05) is 11.7 Å². The van der Waals surface area contributed by atoms with E-state index in [0.717, 1.165) is 0 Å². The molecule has 0 aliphatic rings. The minimum atomic E-state index is -0.319. The molecule has 0 saturated carbocycles. The van der Waals surface area contributed by atoms with Crippen LogP contribution in [0.1, 0.15) is 20.8 Å². The Hall–Kier alpha value is -1.85. The quantitative estimate of drug-likeness (QED) is 0.642. The van der Waals surface area contributed by atoms with Gasteiger partial charge < -0.3 is 11.1 Å². The lowest BCUT2D eigenvalue weighted by Gasteiger charge is -2.20. The monoisotopic (exact) mass is 209 g/mol. The van der Waals surface area contributed by atoms with Gasteiger partial charge in [-0.25, -0.2) is 9.78 Å². The minimum Gasteiger partial charge on any atom is -0.368 e. The van der Waals surface area contributed by atoms with E-state index in [2.05, 4.69) is 20.6 Å². The summed E-state index contributed by atoms with van der Waals surface area (Å²) in [6, 6.07) is 1.25. The van der Waals surface area contributed by atoms with Crippen LogP contribution in [0.25, 0.3) is 0 Å². The Morgan fingerprint density at radius 2 is 2.13 bits per heavy atom. The Morgan fingerprint density at radius 3 is 2.67 bits per heavy atom. The second-order valence-corrected chi connectivity index (χ2v) is 4.13. The van der Waals surface area contributed by atoms with Crippen LogP contribution in [0.5, 0.6) is 0 Å². The van der Waals surface area contributed by atoms with Gasteiger partial charge in [-0.3, -0.25) is 5.32 Å². The molecule has 4 N–H and O–H groups in total. The van der Waals surface area contributed by atoms with Crippen LogP contribution in [0.15, 0.2) is 12.3 Å². The molecule has 1 aromatic heterocycles. The summed E-state index contributed by atoms with van der Waals surface area (Å²) in [5, 5.41) is 5.29. The summed E-state index contributed by atoms with van der Waals surface area (Å²) < 4.78 is 0. The standard InChI is InChI=1S/C9H15N5O/c1-9(2,3)14-8(15)13-6-4-5-11-7(10)12-6/h4-5H,1-3H3,(H4,10,11,12,13,14,15). The molecular weight excluding hydrogens is 194 g/mol. The van der Waals surface area contributed by atoms with Crippen molar-refractivity contribution in [3.8, 4) is 0 Å². The second kappa shape index (κ2) is 4.12. The molecule has 0 unspecified atom stereocenters. The van der Waals surface area contributed by atoms with Crippen LogP contribution in [0.4, 0.5) is 16.6 Å². The summed E-state index contributed by atoms with van der Waals surface area (Å²) in [4.78, 5) is 19.0. The van der Waals surface area contributed by atoms with Crippen LogP contribution in [0, 0.1) is 0 Å². The Labute approximate surface area is 88.3 Å². The minimum absolute atomic E-state index is 0.128. The molecular formula is C9H15N5O. The Morgan fingerprint density at radius 1 is 1.47 bits per heavy atom. The van der Waals surface area contributed by atoms with Gasteiger partial charge in [0.2, 0.25) is 5.95 Å². The summed E-state index contributed by atoms with van der Waals surface area (Å²) in [7, 11) is 0. The van der Waals surface area contributed by atoms with Gasteiger partial charge in [-0.05, 0) is 26.8 Å². The maximum atomic E-state index is 11.4. The zero-order chi connectivity index (χ0) is 11.5. The van der Waals surface area contributed by atoms with Crippen molar-refractivity contribution in [2.75, 3.05) is 11.1 Å². The fourth-order valence-electron chi connectivity index (χ4n) is 0.932. The molecule has 0 radical (unpaired) electrons. The molecule has 0 atom stereocenters. The zero-order valence-electron chi connectivity index (χ0n) is 9.03. The van der Waals surface area contributed by atoms with Crippen molar-refractivity contribution in [2.45, 2.75) is 26.3 Å². The molecule has 0 aliphatic carbocycles. The van der Waals surface area contributed by atoms with Crippen LogP contribution in [-0.4, -0.2) is 21.5 Å². The Balaban J connectivity index is 2.59. The number of nitrogens with one attached hydrogen (secondary N) is 2. The largest absolute Gasteiger partial charge is 0.368 e. The summed E-state index contributed by atoms with van der Waals surface area (Å²) in [6.07, 6.45) is 1.48. The summed E-state index contributed by atoms with van der Waals surface area (Å²) in [5.74, 6) is 0.507. The van der Waals surface area contributed by atoms with E-state index in [0.29, 0.717) is 5.82 Å². The van der Waals surface area contributed by atoms with Crippen LogP contribution < -0.4 is 16.4 Å². The number of nitrogens with two attached hydrogens (primary N) is 1. The number of amides is 2.